The van der Waals surface area contributed by atoms with Crippen LogP contribution < -0.4 is 15.9 Å². The van der Waals surface area contributed by atoms with Gasteiger partial charge < -0.3 is 10.1 Å². The van der Waals surface area contributed by atoms with Crippen LogP contribution >= 0.6 is 15.7 Å². The van der Waals surface area contributed by atoms with E-state index in [9.17, 15) is 25.2 Å². The van der Waals surface area contributed by atoms with Crippen molar-refractivity contribution in [1.82, 2.24) is 19.9 Å². The minimum atomic E-state index is -10.7. The number of benzene rings is 3. The molecule has 0 aliphatic rings. The summed E-state index contributed by atoms with van der Waals surface area (Å²) in [4.78, 5) is 25.9. The van der Waals surface area contributed by atoms with Crippen LogP contribution in [0.3, 0.4) is 0 Å². The fourth-order valence-corrected chi connectivity index (χ4v) is 7.46. The normalized spacial score (nSPS) is 11.3. The molecule has 55 heavy (non-hydrogen) atoms. The first-order valence-electron chi connectivity index (χ1n) is 15.6. The summed E-state index contributed by atoms with van der Waals surface area (Å²) in [6, 6.07) is 51.5. The van der Waals surface area contributed by atoms with E-state index in [0.717, 1.165) is 33.6 Å². The Kier molecular flexibility index (Phi) is 17.3. The van der Waals surface area contributed by atoms with Crippen molar-refractivity contribution in [2.45, 2.75) is 6.92 Å². The van der Waals surface area contributed by atoms with Crippen molar-refractivity contribution >= 4 is 42.5 Å². The average Bonchev–Trinajstić information content (AvgIpc) is 3.16. The number of nitrogens with zero attached hydrogens (tertiary/aromatic N) is 6. The van der Waals surface area contributed by atoms with E-state index in [1.54, 1.807) is 18.5 Å². The van der Waals surface area contributed by atoms with Gasteiger partial charge in [0.1, 0.15) is 29.4 Å². The van der Waals surface area contributed by atoms with Crippen molar-refractivity contribution in [3.8, 4) is 28.8 Å². The molecule has 0 fully saturated rings. The Morgan fingerprint density at radius 1 is 0.582 bits per heavy atom. The van der Waals surface area contributed by atoms with Gasteiger partial charge in [0.05, 0.1) is 28.8 Å². The number of rotatable bonds is 5. The van der Waals surface area contributed by atoms with Crippen LogP contribution in [0.25, 0.3) is 33.7 Å². The van der Waals surface area contributed by atoms with Crippen molar-refractivity contribution in [3.63, 3.8) is 0 Å². The maximum absolute atomic E-state index is 10.7. The molecule has 8 nitrogen and oxygen atoms in total. The van der Waals surface area contributed by atoms with E-state index in [0.29, 0.717) is 0 Å². The Bertz CT molecular complexity index is 2140. The Morgan fingerprint density at radius 3 is 1.36 bits per heavy atom. The smallest absolute Gasteiger partial charge is 0.444 e. The Hall–Kier alpha value is -5.53. The molecule has 0 radical (unpaired) electrons. The van der Waals surface area contributed by atoms with Crippen molar-refractivity contribution in [2.75, 3.05) is 0 Å². The fourth-order valence-electron chi connectivity index (χ4n) is 4.74. The topological polar surface area (TPSA) is 128 Å². The quantitative estimate of drug-likeness (QED) is 0.0553. The van der Waals surface area contributed by atoms with E-state index in [1.807, 2.05) is 66.9 Å². The van der Waals surface area contributed by atoms with Crippen LogP contribution in [0.4, 0.5) is 25.2 Å². The summed E-state index contributed by atoms with van der Waals surface area (Å²) < 4.78 is 59.2. The van der Waals surface area contributed by atoms with E-state index < -0.39 is 15.7 Å². The number of fused-ring (bicyclic) bond motifs is 1. The third-order valence-electron chi connectivity index (χ3n) is 6.63. The fraction of sp³-hybridized carbons (Fsp3) is 0.0263. The minimum Gasteiger partial charge on any atom is -0.444 e. The second-order valence-corrected chi connectivity index (χ2v) is 14.9. The van der Waals surface area contributed by atoms with Gasteiger partial charge >= 0.3 is 52.5 Å². The number of nitriles is 1. The van der Waals surface area contributed by atoms with Crippen molar-refractivity contribution in [3.05, 3.63) is 174 Å². The molecular formula is C38H31F6N6O2P2Ru+. The van der Waals surface area contributed by atoms with E-state index in [-0.39, 0.29) is 19.5 Å². The first-order valence-corrected chi connectivity index (χ1v) is 19.1. The van der Waals surface area contributed by atoms with Crippen LogP contribution in [0.15, 0.2) is 170 Å². The van der Waals surface area contributed by atoms with Crippen LogP contribution in [-0.2, 0) is 19.5 Å². The van der Waals surface area contributed by atoms with Gasteiger partial charge in [-0.1, -0.05) is 72.8 Å². The number of para-hydroxylation sites is 1. The van der Waals surface area contributed by atoms with Crippen LogP contribution in [0.5, 0.6) is 0 Å². The molecule has 0 saturated heterocycles. The summed E-state index contributed by atoms with van der Waals surface area (Å²) in [5, 5.41) is 21.7. The molecule has 284 valence electrons. The molecule has 0 bridgehead atoms. The molecule has 0 aliphatic heterocycles. The van der Waals surface area contributed by atoms with Gasteiger partial charge in [0.2, 0.25) is 0 Å². The van der Waals surface area contributed by atoms with Crippen LogP contribution in [0.1, 0.15) is 6.92 Å². The van der Waals surface area contributed by atoms with Crippen molar-refractivity contribution in [1.29, 1.82) is 5.26 Å². The summed E-state index contributed by atoms with van der Waals surface area (Å²) >= 11 is 0. The zero-order chi connectivity index (χ0) is 39.5. The van der Waals surface area contributed by atoms with Gasteiger partial charge in [-0.3, -0.25) is 15.0 Å². The molecule has 17 heteroatoms. The number of pyridine rings is 4. The van der Waals surface area contributed by atoms with Crippen LogP contribution in [0.2, 0.25) is 0 Å². The predicted molar refractivity (Wildman–Crippen MR) is 207 cm³/mol. The van der Waals surface area contributed by atoms with Gasteiger partial charge in [-0.05, 0) is 72.8 Å². The first-order chi connectivity index (χ1) is 25.6. The maximum Gasteiger partial charge on any atom is 2.00 e. The SMILES string of the molecule is CC#N.F[P-](F)(F)(F)(F)F.O=N[O-].[Ru+2].c1ccc(-c2cccc(-c3ccccn3)n2)nc1.c1ccc([PH+](c2ccccc2)c2cccc3cccnc23)cc1. The summed E-state index contributed by atoms with van der Waals surface area (Å²) in [7, 11) is -11.7. The summed E-state index contributed by atoms with van der Waals surface area (Å²) in [5.41, 5.74) is 4.58. The molecular weight excluding hydrogens is 849 g/mol. The summed E-state index contributed by atoms with van der Waals surface area (Å²) in [6.07, 6.45) is 5.43. The van der Waals surface area contributed by atoms with Gasteiger partial charge in [-0.15, -0.1) is 5.34 Å². The summed E-state index contributed by atoms with van der Waals surface area (Å²) in [6.45, 7) is 1.43. The molecule has 4 heterocycles. The largest absolute Gasteiger partial charge is 2.00 e. The third-order valence-corrected chi connectivity index (χ3v) is 9.39. The van der Waals surface area contributed by atoms with Crippen LogP contribution in [0, 0.1) is 21.4 Å². The molecule has 7 aromatic rings. The Balaban J connectivity index is 0.000000290. The number of hydrogen-bond acceptors (Lipinski definition) is 8. The average molecular weight is 881 g/mol. The molecule has 0 saturated carbocycles. The van der Waals surface area contributed by atoms with Gasteiger partial charge in [0.15, 0.2) is 0 Å². The second kappa shape index (κ2) is 20.8. The van der Waals surface area contributed by atoms with Crippen molar-refractivity contribution in [2.24, 2.45) is 5.34 Å². The number of hydrogen-bond donors (Lipinski definition) is 0. The molecule has 7 rings (SSSR count). The molecule has 3 aromatic carbocycles. The van der Waals surface area contributed by atoms with E-state index in [4.69, 9.17) is 15.4 Å². The third kappa shape index (κ3) is 17.4. The zero-order valence-electron chi connectivity index (χ0n) is 28.7. The Morgan fingerprint density at radius 2 is 0.945 bits per heavy atom. The van der Waals surface area contributed by atoms with Gasteiger partial charge in [-0.25, -0.2) is 4.98 Å². The van der Waals surface area contributed by atoms with Gasteiger partial charge in [-0.2, -0.15) is 5.26 Å². The van der Waals surface area contributed by atoms with Crippen LogP contribution in [-0.4, -0.2) is 19.9 Å². The second-order valence-electron chi connectivity index (χ2n) is 10.6. The molecule has 0 amide bonds. The molecule has 0 spiro atoms. The number of halogens is 6. The Labute approximate surface area is 326 Å². The minimum absolute atomic E-state index is 0. The molecule has 0 N–H and O–H groups in total. The first kappa shape index (κ1) is 45.6. The van der Waals surface area contributed by atoms with E-state index >= 15 is 0 Å². The van der Waals surface area contributed by atoms with E-state index in [1.165, 1.54) is 28.2 Å². The molecule has 0 aliphatic carbocycles. The van der Waals surface area contributed by atoms with Gasteiger partial charge in [0, 0.05) is 30.9 Å². The monoisotopic (exact) mass is 881 g/mol. The predicted octanol–water partition coefficient (Wildman–Crippen LogP) is 11.1. The van der Waals surface area contributed by atoms with E-state index in [2.05, 4.69) is 105 Å². The molecule has 0 unspecified atom stereocenters. The summed E-state index contributed by atoms with van der Waals surface area (Å²) in [5.74, 6) is 0. The molecule has 0 atom stereocenters. The molecule has 4 aromatic heterocycles. The zero-order valence-corrected chi connectivity index (χ0v) is 32.3. The maximum atomic E-state index is 9.87. The van der Waals surface area contributed by atoms with Crippen molar-refractivity contribution < 1.29 is 44.7 Å². The number of aromatic nitrogens is 4. The standard InChI is InChI=1S/C21H16NP.C15H11N3.C2H3N.F6P.HNO2.Ru/c1-3-11-18(12-4-1)23(19-13-5-2-6-14-19)20-15-7-9-17-10-8-16-22-21(17)20;1-3-10-16-12(6-1)14-8-5-9-15(18-14)13-7-2-4-11-17-13;1-2-3;1-7(2,3,4,5)6;2-1-3;/h1-16H;1-11H;1H3;;(H,2,3);/q;;;-1;;+2. The van der Waals surface area contributed by atoms with Gasteiger partial charge in [0.25, 0.3) is 0 Å².